The molecular formula is C18H30N2. The second kappa shape index (κ2) is 6.73. The van der Waals surface area contributed by atoms with E-state index in [2.05, 4.69) is 68.2 Å². The lowest BCUT2D eigenvalue weighted by molar-refractivity contribution is 0.0879. The fourth-order valence-corrected chi connectivity index (χ4v) is 3.17. The molecule has 1 aliphatic rings. The minimum atomic E-state index is 0.377. The van der Waals surface area contributed by atoms with Gasteiger partial charge in [-0.2, -0.15) is 0 Å². The number of nitrogens with zero attached hydrogens (tertiary/aromatic N) is 1. The van der Waals surface area contributed by atoms with Crippen molar-refractivity contribution in [2.75, 3.05) is 19.6 Å². The zero-order valence-electron chi connectivity index (χ0n) is 13.5. The van der Waals surface area contributed by atoms with Gasteiger partial charge in [-0.1, -0.05) is 58.0 Å². The summed E-state index contributed by atoms with van der Waals surface area (Å²) in [5.41, 5.74) is 1.82. The van der Waals surface area contributed by atoms with Gasteiger partial charge in [0.25, 0.3) is 0 Å². The van der Waals surface area contributed by atoms with Crippen LogP contribution < -0.4 is 5.32 Å². The topological polar surface area (TPSA) is 15.3 Å². The predicted octanol–water partition coefficient (Wildman–Crippen LogP) is 3.33. The molecule has 1 heterocycles. The molecule has 2 atom stereocenters. The van der Waals surface area contributed by atoms with E-state index in [0.29, 0.717) is 17.5 Å². The van der Waals surface area contributed by atoms with Crippen LogP contribution in [0.5, 0.6) is 0 Å². The average Bonchev–Trinajstić information content (AvgIpc) is 2.38. The first kappa shape index (κ1) is 15.5. The van der Waals surface area contributed by atoms with E-state index in [-0.39, 0.29) is 0 Å². The monoisotopic (exact) mass is 274 g/mol. The number of hydrogen-bond acceptors (Lipinski definition) is 2. The normalized spacial score (nSPS) is 24.8. The van der Waals surface area contributed by atoms with E-state index in [4.69, 9.17) is 0 Å². The Kier molecular flexibility index (Phi) is 5.22. The highest BCUT2D eigenvalue weighted by Crippen LogP contribution is 2.21. The van der Waals surface area contributed by atoms with Crippen LogP contribution in [-0.2, 0) is 6.42 Å². The summed E-state index contributed by atoms with van der Waals surface area (Å²) in [6.07, 6.45) is 2.37. The lowest BCUT2D eigenvalue weighted by Gasteiger charge is -2.43. The molecule has 20 heavy (non-hydrogen) atoms. The van der Waals surface area contributed by atoms with Gasteiger partial charge >= 0.3 is 0 Å². The zero-order valence-corrected chi connectivity index (χ0v) is 13.5. The zero-order chi connectivity index (χ0) is 14.6. The minimum absolute atomic E-state index is 0.377. The molecule has 1 N–H and O–H groups in total. The molecule has 1 aromatic carbocycles. The average molecular weight is 274 g/mol. The van der Waals surface area contributed by atoms with Crippen LogP contribution in [0.15, 0.2) is 30.3 Å². The fourth-order valence-electron chi connectivity index (χ4n) is 3.17. The lowest BCUT2D eigenvalue weighted by atomic mass is 9.92. The molecule has 0 radical (unpaired) electrons. The lowest BCUT2D eigenvalue weighted by Crippen LogP contribution is -2.58. The van der Waals surface area contributed by atoms with Gasteiger partial charge in [0, 0.05) is 31.7 Å². The molecule has 0 aliphatic carbocycles. The van der Waals surface area contributed by atoms with Crippen molar-refractivity contribution in [3.8, 4) is 0 Å². The Bertz CT molecular complexity index is 394. The molecule has 2 rings (SSSR count). The molecule has 2 heteroatoms. The molecule has 1 saturated heterocycles. The predicted molar refractivity (Wildman–Crippen MR) is 87.0 cm³/mol. The summed E-state index contributed by atoms with van der Waals surface area (Å²) < 4.78 is 0. The van der Waals surface area contributed by atoms with Crippen molar-refractivity contribution in [2.45, 2.75) is 52.6 Å². The Morgan fingerprint density at radius 3 is 2.50 bits per heavy atom. The van der Waals surface area contributed by atoms with Gasteiger partial charge in [-0.05, 0) is 23.8 Å². The quantitative estimate of drug-likeness (QED) is 0.906. The van der Waals surface area contributed by atoms with E-state index >= 15 is 0 Å². The van der Waals surface area contributed by atoms with Gasteiger partial charge in [0.05, 0.1) is 0 Å². The molecule has 0 aromatic heterocycles. The summed E-state index contributed by atoms with van der Waals surface area (Å²) in [5, 5.41) is 3.74. The van der Waals surface area contributed by atoms with Crippen LogP contribution >= 0.6 is 0 Å². The van der Waals surface area contributed by atoms with Crippen molar-refractivity contribution in [1.29, 1.82) is 0 Å². The van der Waals surface area contributed by atoms with E-state index in [0.717, 1.165) is 13.0 Å². The molecule has 1 aromatic rings. The number of hydrogen-bond donors (Lipinski definition) is 1. The number of nitrogens with one attached hydrogen (secondary N) is 1. The third-order valence-electron chi connectivity index (χ3n) is 4.09. The Balaban J connectivity index is 1.97. The highest BCUT2D eigenvalue weighted by Gasteiger charge is 2.29. The van der Waals surface area contributed by atoms with E-state index in [9.17, 15) is 0 Å². The van der Waals surface area contributed by atoms with Crippen LogP contribution in [0.25, 0.3) is 0 Å². The Morgan fingerprint density at radius 1 is 1.20 bits per heavy atom. The molecular weight excluding hydrogens is 244 g/mol. The summed E-state index contributed by atoms with van der Waals surface area (Å²) in [4.78, 5) is 2.70. The van der Waals surface area contributed by atoms with Crippen molar-refractivity contribution >= 4 is 0 Å². The van der Waals surface area contributed by atoms with Crippen LogP contribution in [0, 0.1) is 5.41 Å². The molecule has 0 spiro atoms. The van der Waals surface area contributed by atoms with Crippen molar-refractivity contribution < 1.29 is 0 Å². The molecule has 1 fully saturated rings. The van der Waals surface area contributed by atoms with Crippen molar-refractivity contribution in [3.63, 3.8) is 0 Å². The van der Waals surface area contributed by atoms with Crippen molar-refractivity contribution in [1.82, 2.24) is 10.2 Å². The van der Waals surface area contributed by atoms with Gasteiger partial charge in [0.1, 0.15) is 0 Å². The van der Waals surface area contributed by atoms with Gasteiger partial charge in [-0.3, -0.25) is 4.90 Å². The van der Waals surface area contributed by atoms with Crippen LogP contribution in [0.3, 0.4) is 0 Å². The maximum absolute atomic E-state index is 3.74. The van der Waals surface area contributed by atoms with E-state index in [1.54, 1.807) is 0 Å². The number of benzene rings is 1. The SMILES string of the molecule is CCC1CNC(Cc2ccccc2)CN1CC(C)(C)C. The standard InChI is InChI=1S/C18H30N2/c1-5-17-12-19-16(11-15-9-7-6-8-10-15)13-20(17)14-18(2,3)4/h6-10,16-17,19H,5,11-14H2,1-4H3. The minimum Gasteiger partial charge on any atom is -0.311 e. The van der Waals surface area contributed by atoms with E-state index in [1.165, 1.54) is 25.1 Å². The molecule has 0 saturated carbocycles. The molecule has 0 amide bonds. The second-order valence-corrected chi connectivity index (χ2v) is 7.35. The number of rotatable bonds is 4. The van der Waals surface area contributed by atoms with Gasteiger partial charge < -0.3 is 5.32 Å². The molecule has 1 aliphatic heterocycles. The Labute approximate surface area is 124 Å². The van der Waals surface area contributed by atoms with Crippen LogP contribution in [0.1, 0.15) is 39.7 Å². The fraction of sp³-hybridized carbons (Fsp3) is 0.667. The Morgan fingerprint density at radius 2 is 1.90 bits per heavy atom. The summed E-state index contributed by atoms with van der Waals surface area (Å²) in [5.74, 6) is 0. The molecule has 2 nitrogen and oxygen atoms in total. The Hall–Kier alpha value is -0.860. The smallest absolute Gasteiger partial charge is 0.0236 e. The van der Waals surface area contributed by atoms with Crippen molar-refractivity contribution in [3.05, 3.63) is 35.9 Å². The van der Waals surface area contributed by atoms with Crippen LogP contribution in [-0.4, -0.2) is 36.6 Å². The third kappa shape index (κ3) is 4.60. The first-order valence-electron chi connectivity index (χ1n) is 7.99. The van der Waals surface area contributed by atoms with Crippen molar-refractivity contribution in [2.24, 2.45) is 5.41 Å². The van der Waals surface area contributed by atoms with Gasteiger partial charge in [0.2, 0.25) is 0 Å². The van der Waals surface area contributed by atoms with Crippen LogP contribution in [0.4, 0.5) is 0 Å². The number of piperazine rings is 1. The van der Waals surface area contributed by atoms with E-state index in [1.807, 2.05) is 0 Å². The maximum Gasteiger partial charge on any atom is 0.0236 e. The summed E-state index contributed by atoms with van der Waals surface area (Å²) in [7, 11) is 0. The summed E-state index contributed by atoms with van der Waals surface area (Å²) in [6.45, 7) is 12.8. The van der Waals surface area contributed by atoms with Crippen LogP contribution in [0.2, 0.25) is 0 Å². The van der Waals surface area contributed by atoms with Gasteiger partial charge in [-0.15, -0.1) is 0 Å². The first-order valence-corrected chi connectivity index (χ1v) is 7.99. The highest BCUT2D eigenvalue weighted by atomic mass is 15.2. The first-order chi connectivity index (χ1) is 9.48. The van der Waals surface area contributed by atoms with Gasteiger partial charge in [0.15, 0.2) is 0 Å². The highest BCUT2D eigenvalue weighted by molar-refractivity contribution is 5.16. The second-order valence-electron chi connectivity index (χ2n) is 7.35. The summed E-state index contributed by atoms with van der Waals surface area (Å²) >= 11 is 0. The largest absolute Gasteiger partial charge is 0.311 e. The summed E-state index contributed by atoms with van der Waals surface area (Å²) in [6, 6.07) is 12.1. The third-order valence-corrected chi connectivity index (χ3v) is 4.09. The molecule has 0 bridgehead atoms. The van der Waals surface area contributed by atoms with E-state index < -0.39 is 0 Å². The maximum atomic E-state index is 3.74. The molecule has 2 unspecified atom stereocenters. The van der Waals surface area contributed by atoms with Gasteiger partial charge in [-0.25, -0.2) is 0 Å². The molecule has 112 valence electrons.